The van der Waals surface area contributed by atoms with Crippen molar-refractivity contribution in [3.05, 3.63) is 24.3 Å². The molecule has 0 radical (unpaired) electrons. The quantitative estimate of drug-likeness (QED) is 0.766. The van der Waals surface area contributed by atoms with Gasteiger partial charge in [-0.2, -0.15) is 0 Å². The number of nitrogens with one attached hydrogen (secondary N) is 2. The summed E-state index contributed by atoms with van der Waals surface area (Å²) in [4.78, 5) is 22.6. The second-order valence-electron chi connectivity index (χ2n) is 5.04. The summed E-state index contributed by atoms with van der Waals surface area (Å²) in [5, 5.41) is 2.54. The van der Waals surface area contributed by atoms with Gasteiger partial charge in [0.2, 0.25) is 10.0 Å². The largest absolute Gasteiger partial charge is 0.453 e. The number of sulfonamides is 1. The molecule has 1 amide bonds. The third kappa shape index (κ3) is 5.45. The zero-order chi connectivity index (χ0) is 16.9. The number of hydrogen-bond acceptors (Lipinski definition) is 5. The standard InChI is InChI=1S/C14H20N2O5S/c1-9(2)16-22(19,20)13-7-5-12(6-8-13)15-14(18)10(3)21-11(4)17/h5-10,16H,1-4H3,(H,15,18)/t10-/m0/s1. The first kappa shape index (κ1) is 18.1. The topological polar surface area (TPSA) is 102 Å². The van der Waals surface area contributed by atoms with Crippen molar-refractivity contribution in [2.45, 2.75) is 44.7 Å². The van der Waals surface area contributed by atoms with Crippen molar-refractivity contribution < 1.29 is 22.7 Å². The number of ether oxygens (including phenoxy) is 1. The minimum absolute atomic E-state index is 0.104. The van der Waals surface area contributed by atoms with Gasteiger partial charge in [-0.25, -0.2) is 13.1 Å². The summed E-state index contributed by atoms with van der Waals surface area (Å²) >= 11 is 0. The van der Waals surface area contributed by atoms with E-state index in [1.807, 2.05) is 0 Å². The lowest BCUT2D eigenvalue weighted by atomic mass is 10.3. The van der Waals surface area contributed by atoms with Crippen LogP contribution in [0.5, 0.6) is 0 Å². The van der Waals surface area contributed by atoms with Crippen LogP contribution in [-0.4, -0.2) is 32.4 Å². The monoisotopic (exact) mass is 328 g/mol. The Hall–Kier alpha value is -1.93. The predicted octanol–water partition coefficient (Wildman–Crippen LogP) is 1.26. The van der Waals surface area contributed by atoms with Crippen LogP contribution in [0, 0.1) is 0 Å². The molecule has 0 aliphatic rings. The van der Waals surface area contributed by atoms with Gasteiger partial charge in [-0.15, -0.1) is 0 Å². The second-order valence-corrected chi connectivity index (χ2v) is 6.76. The second kappa shape index (κ2) is 7.37. The lowest BCUT2D eigenvalue weighted by molar-refractivity contribution is -0.150. The van der Waals surface area contributed by atoms with E-state index in [4.69, 9.17) is 4.74 Å². The maximum Gasteiger partial charge on any atom is 0.303 e. The molecule has 0 bridgehead atoms. The van der Waals surface area contributed by atoms with Crippen LogP contribution < -0.4 is 10.0 Å². The predicted molar refractivity (Wildman–Crippen MR) is 81.8 cm³/mol. The summed E-state index contributed by atoms with van der Waals surface area (Å²) in [6.07, 6.45) is -0.927. The average molecular weight is 328 g/mol. The molecule has 22 heavy (non-hydrogen) atoms. The van der Waals surface area contributed by atoms with Crippen molar-refractivity contribution in [3.8, 4) is 0 Å². The average Bonchev–Trinajstić information content (AvgIpc) is 2.36. The van der Waals surface area contributed by atoms with Gasteiger partial charge >= 0.3 is 5.97 Å². The molecule has 0 saturated heterocycles. The molecule has 0 fully saturated rings. The highest BCUT2D eigenvalue weighted by Crippen LogP contribution is 2.15. The van der Waals surface area contributed by atoms with E-state index in [1.165, 1.54) is 38.1 Å². The Balaban J connectivity index is 2.77. The summed E-state index contributed by atoms with van der Waals surface area (Å²) in [6.45, 7) is 6.11. The zero-order valence-corrected chi connectivity index (χ0v) is 13.7. The molecular weight excluding hydrogens is 308 g/mol. The maximum absolute atomic E-state index is 11.9. The number of anilines is 1. The van der Waals surface area contributed by atoms with Crippen LogP contribution in [0.25, 0.3) is 0 Å². The number of carbonyl (C=O) groups is 2. The Bertz CT molecular complexity index is 638. The summed E-state index contributed by atoms with van der Waals surface area (Å²) in [6, 6.07) is 5.49. The van der Waals surface area contributed by atoms with Gasteiger partial charge in [0.05, 0.1) is 4.90 Å². The Morgan fingerprint density at radius 2 is 1.64 bits per heavy atom. The molecule has 7 nitrogen and oxygen atoms in total. The lowest BCUT2D eigenvalue weighted by Crippen LogP contribution is -2.30. The van der Waals surface area contributed by atoms with Gasteiger partial charge in [-0.3, -0.25) is 9.59 Å². The molecule has 0 aliphatic carbocycles. The molecule has 0 aliphatic heterocycles. The number of hydrogen-bond donors (Lipinski definition) is 2. The molecular formula is C14H20N2O5S. The number of amides is 1. The highest BCUT2D eigenvalue weighted by atomic mass is 32.2. The van der Waals surface area contributed by atoms with E-state index in [1.54, 1.807) is 13.8 Å². The van der Waals surface area contributed by atoms with Crippen molar-refractivity contribution in [2.75, 3.05) is 5.32 Å². The van der Waals surface area contributed by atoms with E-state index in [-0.39, 0.29) is 10.9 Å². The van der Waals surface area contributed by atoms with Gasteiger partial charge in [0.1, 0.15) is 0 Å². The van der Waals surface area contributed by atoms with Crippen LogP contribution in [0.3, 0.4) is 0 Å². The van der Waals surface area contributed by atoms with Gasteiger partial charge in [0.15, 0.2) is 6.10 Å². The van der Waals surface area contributed by atoms with E-state index in [0.717, 1.165) is 0 Å². The van der Waals surface area contributed by atoms with Crippen LogP contribution in [-0.2, 0) is 24.3 Å². The molecule has 8 heteroatoms. The van der Waals surface area contributed by atoms with Gasteiger partial charge in [0, 0.05) is 18.7 Å². The molecule has 1 rings (SSSR count). The fourth-order valence-corrected chi connectivity index (χ4v) is 2.89. The number of rotatable bonds is 6. The molecule has 0 saturated carbocycles. The van der Waals surface area contributed by atoms with Gasteiger partial charge in [-0.1, -0.05) is 0 Å². The highest BCUT2D eigenvalue weighted by Gasteiger charge is 2.17. The molecule has 1 aromatic rings. The van der Waals surface area contributed by atoms with Gasteiger partial charge in [-0.05, 0) is 45.0 Å². The van der Waals surface area contributed by atoms with Crippen LogP contribution in [0.2, 0.25) is 0 Å². The van der Waals surface area contributed by atoms with E-state index in [9.17, 15) is 18.0 Å². The van der Waals surface area contributed by atoms with Crippen LogP contribution in [0.4, 0.5) is 5.69 Å². The van der Waals surface area contributed by atoms with Crippen molar-refractivity contribution in [1.29, 1.82) is 0 Å². The number of esters is 1. The van der Waals surface area contributed by atoms with Crippen molar-refractivity contribution >= 4 is 27.6 Å². The summed E-state index contributed by atoms with van der Waals surface area (Å²) in [5.41, 5.74) is 0.410. The smallest absolute Gasteiger partial charge is 0.303 e. The first-order chi connectivity index (χ1) is 10.1. The molecule has 0 spiro atoms. The number of benzene rings is 1. The normalized spacial score (nSPS) is 12.8. The first-order valence-electron chi connectivity index (χ1n) is 6.72. The first-order valence-corrected chi connectivity index (χ1v) is 8.20. The Labute approximate surface area is 130 Å². The Morgan fingerprint density at radius 3 is 2.09 bits per heavy atom. The number of carbonyl (C=O) groups excluding carboxylic acids is 2. The highest BCUT2D eigenvalue weighted by molar-refractivity contribution is 7.89. The Kier molecular flexibility index (Phi) is 6.07. The van der Waals surface area contributed by atoms with E-state index < -0.39 is 28.0 Å². The third-order valence-corrected chi connectivity index (χ3v) is 4.21. The van der Waals surface area contributed by atoms with Gasteiger partial charge < -0.3 is 10.1 Å². The maximum atomic E-state index is 11.9. The molecule has 1 atom stereocenters. The van der Waals surface area contributed by atoms with E-state index in [0.29, 0.717) is 5.69 Å². The van der Waals surface area contributed by atoms with Crippen molar-refractivity contribution in [2.24, 2.45) is 0 Å². The third-order valence-electron chi connectivity index (χ3n) is 2.53. The van der Waals surface area contributed by atoms with Crippen LogP contribution >= 0.6 is 0 Å². The molecule has 0 aromatic heterocycles. The zero-order valence-electron chi connectivity index (χ0n) is 12.9. The summed E-state index contributed by atoms with van der Waals surface area (Å²) in [5.74, 6) is -1.05. The van der Waals surface area contributed by atoms with Crippen molar-refractivity contribution in [1.82, 2.24) is 4.72 Å². The fourth-order valence-electron chi connectivity index (χ4n) is 1.64. The van der Waals surface area contributed by atoms with Crippen LogP contribution in [0.15, 0.2) is 29.2 Å². The van der Waals surface area contributed by atoms with Gasteiger partial charge in [0.25, 0.3) is 5.91 Å². The molecule has 0 heterocycles. The van der Waals surface area contributed by atoms with E-state index in [2.05, 4.69) is 10.0 Å². The minimum atomic E-state index is -3.57. The fraction of sp³-hybridized carbons (Fsp3) is 0.429. The Morgan fingerprint density at radius 1 is 1.09 bits per heavy atom. The summed E-state index contributed by atoms with van der Waals surface area (Å²) in [7, 11) is -3.57. The molecule has 2 N–H and O–H groups in total. The SMILES string of the molecule is CC(=O)O[C@@H](C)C(=O)Nc1ccc(S(=O)(=O)NC(C)C)cc1. The molecule has 0 unspecified atom stereocenters. The molecule has 1 aromatic carbocycles. The van der Waals surface area contributed by atoms with Crippen LogP contribution in [0.1, 0.15) is 27.7 Å². The van der Waals surface area contributed by atoms with Crippen molar-refractivity contribution in [3.63, 3.8) is 0 Å². The summed E-state index contributed by atoms with van der Waals surface area (Å²) < 4.78 is 31.1. The molecule has 122 valence electrons. The lowest BCUT2D eigenvalue weighted by Gasteiger charge is -2.13. The minimum Gasteiger partial charge on any atom is -0.453 e. The van der Waals surface area contributed by atoms with E-state index >= 15 is 0 Å².